The molecule has 154 valence electrons. The molecule has 2 rings (SSSR count). The zero-order valence-electron chi connectivity index (χ0n) is 17.0. The second kappa shape index (κ2) is 10.8. The van der Waals surface area contributed by atoms with Crippen LogP contribution in [0.25, 0.3) is 0 Å². The first kappa shape index (κ1) is 21.9. The Morgan fingerprint density at radius 3 is 1.86 bits per heavy atom. The molecule has 0 heterocycles. The highest BCUT2D eigenvalue weighted by molar-refractivity contribution is 5.99. The molecule has 0 aliphatic carbocycles. The van der Waals surface area contributed by atoms with Gasteiger partial charge in [-0.25, -0.2) is 0 Å². The van der Waals surface area contributed by atoms with E-state index in [0.717, 1.165) is 12.8 Å². The van der Waals surface area contributed by atoms with E-state index in [2.05, 4.69) is 23.1 Å². The maximum absolute atomic E-state index is 12.2. The molecule has 0 atom stereocenters. The number of carbonyl (C=O) groups is 3. The molecule has 2 aromatic carbocycles. The Kier molecular flexibility index (Phi) is 8.21. The Morgan fingerprint density at radius 2 is 1.38 bits per heavy atom. The van der Waals surface area contributed by atoms with Gasteiger partial charge >= 0.3 is 0 Å². The summed E-state index contributed by atoms with van der Waals surface area (Å²) in [6.45, 7) is 6.32. The van der Waals surface area contributed by atoms with Crippen LogP contribution in [0.2, 0.25) is 0 Å². The smallest absolute Gasteiger partial charge is 0.269 e. The topological polar surface area (TPSA) is 96.5 Å². The van der Waals surface area contributed by atoms with E-state index in [-0.39, 0.29) is 11.8 Å². The Hall–Kier alpha value is -3.35. The van der Waals surface area contributed by atoms with Gasteiger partial charge in [0.25, 0.3) is 11.8 Å². The highest BCUT2D eigenvalue weighted by Gasteiger charge is 2.11. The Labute approximate surface area is 170 Å². The summed E-state index contributed by atoms with van der Waals surface area (Å²) >= 11 is 0. The lowest BCUT2D eigenvalue weighted by Crippen LogP contribution is -2.41. The van der Waals surface area contributed by atoms with Crippen LogP contribution < -0.4 is 20.9 Å². The van der Waals surface area contributed by atoms with Crippen molar-refractivity contribution in [1.82, 2.24) is 10.9 Å². The summed E-state index contributed by atoms with van der Waals surface area (Å²) in [6.07, 6.45) is 2.02. The first-order chi connectivity index (χ1) is 13.9. The van der Waals surface area contributed by atoms with Crippen molar-refractivity contribution in [2.24, 2.45) is 5.92 Å². The number of anilines is 1. The number of nitrogens with one attached hydrogen (secondary N) is 3. The van der Waals surface area contributed by atoms with Crippen LogP contribution in [0.3, 0.4) is 0 Å². The van der Waals surface area contributed by atoms with Gasteiger partial charge in [-0.1, -0.05) is 27.2 Å². The summed E-state index contributed by atoms with van der Waals surface area (Å²) in [6, 6.07) is 13.1. The number of hydrogen-bond donors (Lipinski definition) is 3. The van der Waals surface area contributed by atoms with E-state index in [9.17, 15) is 14.4 Å². The molecule has 7 nitrogen and oxygen atoms in total. The lowest BCUT2D eigenvalue weighted by Gasteiger charge is -2.10. The van der Waals surface area contributed by atoms with Gasteiger partial charge in [-0.15, -0.1) is 0 Å². The van der Waals surface area contributed by atoms with Gasteiger partial charge < -0.3 is 10.1 Å². The molecular weight excluding hydrogens is 370 g/mol. The number of ether oxygens (including phenoxy) is 1. The van der Waals surface area contributed by atoms with Crippen molar-refractivity contribution in [3.05, 3.63) is 59.7 Å². The molecule has 29 heavy (non-hydrogen) atoms. The summed E-state index contributed by atoms with van der Waals surface area (Å²) in [5.41, 5.74) is 6.12. The quantitative estimate of drug-likeness (QED) is 0.469. The fraction of sp³-hybridized carbons (Fsp3) is 0.318. The molecule has 0 saturated carbocycles. The molecule has 2 aromatic rings. The van der Waals surface area contributed by atoms with Gasteiger partial charge in [0.05, 0.1) is 6.61 Å². The number of hydrazine groups is 1. The summed E-state index contributed by atoms with van der Waals surface area (Å²) in [5.74, 6) is -0.427. The molecule has 0 aliphatic heterocycles. The third-order valence-electron chi connectivity index (χ3n) is 4.11. The van der Waals surface area contributed by atoms with Gasteiger partial charge in [-0.3, -0.25) is 25.2 Å². The average Bonchev–Trinajstić information content (AvgIpc) is 2.73. The standard InChI is InChI=1S/C22H27N3O4/c1-4-5-14-29-19-12-8-17(9-13-19)22(28)25-24-21(27)16-6-10-18(11-7-16)23-20(26)15(2)3/h6-13,15H,4-5,14H2,1-3H3,(H,23,26)(H,24,27)(H,25,28). The van der Waals surface area contributed by atoms with Gasteiger partial charge in [-0.05, 0) is 55.0 Å². The molecule has 0 unspecified atom stereocenters. The molecule has 0 fully saturated rings. The molecule has 3 amide bonds. The summed E-state index contributed by atoms with van der Waals surface area (Å²) in [7, 11) is 0. The normalized spacial score (nSPS) is 10.3. The monoisotopic (exact) mass is 397 g/mol. The highest BCUT2D eigenvalue weighted by atomic mass is 16.5. The summed E-state index contributed by atoms with van der Waals surface area (Å²) < 4.78 is 5.56. The number of amides is 3. The largest absolute Gasteiger partial charge is 0.494 e. The van der Waals surface area contributed by atoms with Crippen LogP contribution in [-0.4, -0.2) is 24.3 Å². The minimum atomic E-state index is -0.459. The van der Waals surface area contributed by atoms with Crippen molar-refractivity contribution in [2.45, 2.75) is 33.6 Å². The highest BCUT2D eigenvalue weighted by Crippen LogP contribution is 2.13. The van der Waals surface area contributed by atoms with E-state index in [4.69, 9.17) is 4.74 Å². The summed E-state index contributed by atoms with van der Waals surface area (Å²) in [5, 5.41) is 2.75. The molecule has 0 radical (unpaired) electrons. The number of unbranched alkanes of at least 4 members (excludes halogenated alkanes) is 1. The predicted molar refractivity (Wildman–Crippen MR) is 112 cm³/mol. The fourth-order valence-corrected chi connectivity index (χ4v) is 2.29. The lowest BCUT2D eigenvalue weighted by molar-refractivity contribution is -0.118. The number of carbonyl (C=O) groups excluding carboxylic acids is 3. The SMILES string of the molecule is CCCCOc1ccc(C(=O)NNC(=O)c2ccc(NC(=O)C(C)C)cc2)cc1. The van der Waals surface area contributed by atoms with Crippen molar-refractivity contribution < 1.29 is 19.1 Å². The van der Waals surface area contributed by atoms with E-state index in [1.54, 1.807) is 62.4 Å². The zero-order chi connectivity index (χ0) is 21.2. The van der Waals surface area contributed by atoms with Gasteiger partial charge in [0, 0.05) is 22.7 Å². The molecule has 0 saturated heterocycles. The third-order valence-corrected chi connectivity index (χ3v) is 4.11. The lowest BCUT2D eigenvalue weighted by atomic mass is 10.1. The minimum absolute atomic E-state index is 0.101. The van der Waals surface area contributed by atoms with E-state index < -0.39 is 11.8 Å². The molecule has 3 N–H and O–H groups in total. The van der Waals surface area contributed by atoms with E-state index >= 15 is 0 Å². The van der Waals surface area contributed by atoms with Crippen LogP contribution in [0, 0.1) is 5.92 Å². The van der Waals surface area contributed by atoms with Crippen molar-refractivity contribution in [3.63, 3.8) is 0 Å². The van der Waals surface area contributed by atoms with Gasteiger partial charge in [-0.2, -0.15) is 0 Å². The van der Waals surface area contributed by atoms with Crippen LogP contribution >= 0.6 is 0 Å². The zero-order valence-corrected chi connectivity index (χ0v) is 17.0. The van der Waals surface area contributed by atoms with E-state index in [0.29, 0.717) is 29.2 Å². The maximum Gasteiger partial charge on any atom is 0.269 e. The molecule has 0 aliphatic rings. The summed E-state index contributed by atoms with van der Waals surface area (Å²) in [4.78, 5) is 36.1. The molecular formula is C22H27N3O4. The minimum Gasteiger partial charge on any atom is -0.494 e. The van der Waals surface area contributed by atoms with E-state index in [1.165, 1.54) is 0 Å². The van der Waals surface area contributed by atoms with Crippen LogP contribution in [0.15, 0.2) is 48.5 Å². The molecule has 0 aromatic heterocycles. The predicted octanol–water partition coefficient (Wildman–Crippen LogP) is 3.53. The molecule has 0 bridgehead atoms. The Morgan fingerprint density at radius 1 is 0.862 bits per heavy atom. The fourth-order valence-electron chi connectivity index (χ4n) is 2.29. The van der Waals surface area contributed by atoms with Crippen LogP contribution in [0.4, 0.5) is 5.69 Å². The van der Waals surface area contributed by atoms with Gasteiger partial charge in [0.15, 0.2) is 0 Å². The van der Waals surface area contributed by atoms with Crippen molar-refractivity contribution in [1.29, 1.82) is 0 Å². The van der Waals surface area contributed by atoms with Crippen molar-refractivity contribution in [3.8, 4) is 5.75 Å². The Balaban J connectivity index is 1.85. The first-order valence-corrected chi connectivity index (χ1v) is 9.65. The second-order valence-corrected chi connectivity index (χ2v) is 6.86. The van der Waals surface area contributed by atoms with Crippen LogP contribution in [0.5, 0.6) is 5.75 Å². The second-order valence-electron chi connectivity index (χ2n) is 6.86. The van der Waals surface area contributed by atoms with Crippen LogP contribution in [-0.2, 0) is 4.79 Å². The van der Waals surface area contributed by atoms with Crippen molar-refractivity contribution in [2.75, 3.05) is 11.9 Å². The first-order valence-electron chi connectivity index (χ1n) is 9.65. The van der Waals surface area contributed by atoms with Crippen molar-refractivity contribution >= 4 is 23.4 Å². The molecule has 7 heteroatoms. The van der Waals surface area contributed by atoms with E-state index in [1.807, 2.05) is 0 Å². The molecule has 0 spiro atoms. The number of hydrogen-bond acceptors (Lipinski definition) is 4. The number of rotatable bonds is 8. The maximum atomic E-state index is 12.2. The van der Waals surface area contributed by atoms with Gasteiger partial charge in [0.1, 0.15) is 5.75 Å². The Bertz CT molecular complexity index is 830. The number of benzene rings is 2. The average molecular weight is 397 g/mol. The van der Waals surface area contributed by atoms with Crippen LogP contribution in [0.1, 0.15) is 54.3 Å². The third kappa shape index (κ3) is 6.95. The van der Waals surface area contributed by atoms with Gasteiger partial charge in [0.2, 0.25) is 5.91 Å².